The van der Waals surface area contributed by atoms with Crippen molar-refractivity contribution < 1.29 is 4.42 Å². The van der Waals surface area contributed by atoms with Gasteiger partial charge in [0.1, 0.15) is 11.2 Å². The van der Waals surface area contributed by atoms with Gasteiger partial charge in [-0.2, -0.15) is 5.26 Å². The Bertz CT molecular complexity index is 2680. The van der Waals surface area contributed by atoms with Crippen molar-refractivity contribution in [1.29, 1.82) is 5.26 Å². The minimum absolute atomic E-state index is 0.0216. The third-order valence-corrected chi connectivity index (χ3v) is 11.0. The van der Waals surface area contributed by atoms with Crippen LogP contribution in [0.5, 0.6) is 0 Å². The van der Waals surface area contributed by atoms with Crippen molar-refractivity contribution in [2.75, 3.05) is 0 Å². The first kappa shape index (κ1) is 29.5. The average Bonchev–Trinajstić information content (AvgIpc) is 3.71. The largest absolute Gasteiger partial charge is 0.456 e. The smallest absolute Gasteiger partial charge is 0.164 e. The van der Waals surface area contributed by atoms with Gasteiger partial charge in [-0.15, -0.1) is 0 Å². The lowest BCUT2D eigenvalue weighted by molar-refractivity contribution is 0.353. The second-order valence-corrected chi connectivity index (χ2v) is 13.8. The summed E-state index contributed by atoms with van der Waals surface area (Å²) in [5.74, 6) is 1.83. The molecule has 2 heterocycles. The van der Waals surface area contributed by atoms with E-state index in [2.05, 4.69) is 78.9 Å². The Morgan fingerprint density at radius 1 is 0.510 bits per heavy atom. The van der Waals surface area contributed by atoms with Gasteiger partial charge in [-0.25, -0.2) is 15.0 Å². The molecule has 0 N–H and O–H groups in total. The minimum Gasteiger partial charge on any atom is -0.456 e. The molecule has 0 bridgehead atoms. The zero-order valence-electron chi connectivity index (χ0n) is 27.9. The molecule has 0 radical (unpaired) electrons. The van der Waals surface area contributed by atoms with Gasteiger partial charge in [-0.05, 0) is 71.0 Å². The van der Waals surface area contributed by atoms with E-state index in [-0.39, 0.29) is 5.41 Å². The monoisotopic (exact) mass is 656 g/mol. The number of benzene rings is 6. The number of rotatable bonds is 4. The maximum absolute atomic E-state index is 10.0. The lowest BCUT2D eigenvalue weighted by Gasteiger charge is -2.36. The van der Waals surface area contributed by atoms with Gasteiger partial charge in [0.15, 0.2) is 17.5 Å². The van der Waals surface area contributed by atoms with E-state index >= 15 is 0 Å². The fourth-order valence-corrected chi connectivity index (χ4v) is 8.54. The van der Waals surface area contributed by atoms with Gasteiger partial charge < -0.3 is 4.42 Å². The first-order valence-corrected chi connectivity index (χ1v) is 17.7. The molecule has 242 valence electrons. The van der Waals surface area contributed by atoms with Crippen molar-refractivity contribution in [3.05, 3.63) is 150 Å². The number of furan rings is 1. The van der Waals surface area contributed by atoms with Crippen LogP contribution >= 0.6 is 0 Å². The summed E-state index contributed by atoms with van der Waals surface area (Å²) in [7, 11) is 0. The molecule has 0 atom stereocenters. The van der Waals surface area contributed by atoms with E-state index in [1.807, 2.05) is 60.7 Å². The van der Waals surface area contributed by atoms with Crippen molar-refractivity contribution in [2.24, 2.45) is 0 Å². The summed E-state index contributed by atoms with van der Waals surface area (Å²) < 4.78 is 6.21. The molecule has 0 amide bonds. The summed E-state index contributed by atoms with van der Waals surface area (Å²) in [5.41, 5.74) is 12.5. The number of hydrogen-bond acceptors (Lipinski definition) is 5. The van der Waals surface area contributed by atoms with Crippen LogP contribution in [0.15, 0.2) is 138 Å². The summed E-state index contributed by atoms with van der Waals surface area (Å²) in [4.78, 5) is 14.9. The van der Waals surface area contributed by atoms with E-state index in [1.54, 1.807) is 0 Å². The summed E-state index contributed by atoms with van der Waals surface area (Å²) in [5, 5.41) is 12.2. The Hall–Kier alpha value is -6.38. The second-order valence-electron chi connectivity index (χ2n) is 13.8. The highest BCUT2D eigenvalue weighted by atomic mass is 16.3. The van der Waals surface area contributed by atoms with Gasteiger partial charge in [-0.1, -0.05) is 122 Å². The van der Waals surface area contributed by atoms with Crippen molar-refractivity contribution in [3.63, 3.8) is 0 Å². The zero-order valence-corrected chi connectivity index (χ0v) is 27.9. The molecule has 8 aromatic rings. The number of nitrogens with zero attached hydrogens (tertiary/aromatic N) is 4. The second kappa shape index (κ2) is 11.6. The molecule has 5 nitrogen and oxygen atoms in total. The first-order chi connectivity index (χ1) is 25.2. The molecular formula is C46H32N4O. The van der Waals surface area contributed by atoms with Gasteiger partial charge in [0.05, 0.1) is 11.6 Å². The van der Waals surface area contributed by atoms with E-state index in [0.29, 0.717) is 17.5 Å². The van der Waals surface area contributed by atoms with E-state index in [9.17, 15) is 5.26 Å². The van der Waals surface area contributed by atoms with Gasteiger partial charge in [-0.3, -0.25) is 0 Å². The zero-order chi connectivity index (χ0) is 33.9. The lowest BCUT2D eigenvalue weighted by atomic mass is 9.67. The van der Waals surface area contributed by atoms with E-state index in [4.69, 9.17) is 19.4 Å². The first-order valence-electron chi connectivity index (χ1n) is 17.7. The molecule has 2 aliphatic rings. The molecule has 51 heavy (non-hydrogen) atoms. The summed E-state index contributed by atoms with van der Waals surface area (Å²) in [6.07, 6.45) is 5.93. The standard InChI is InChI=1S/C46H32N4O/c47-28-34-12-9-14-38-42(34)37-23-20-32(26-39(37)46(38)24-7-2-8-25-46)29-16-18-31(19-17-29)44-48-43(30-10-3-1-4-11-30)49-45(50-44)33-21-22-36-35-13-5-6-15-40(35)51-41(36)27-33/h1,3-6,9-23,26-27H,2,7-8,24-25H2. The van der Waals surface area contributed by atoms with Crippen molar-refractivity contribution in [1.82, 2.24) is 15.0 Å². The summed E-state index contributed by atoms with van der Waals surface area (Å²) >= 11 is 0. The molecular weight excluding hydrogens is 625 g/mol. The third kappa shape index (κ3) is 4.71. The fraction of sp³-hybridized carbons (Fsp3) is 0.130. The van der Waals surface area contributed by atoms with E-state index < -0.39 is 0 Å². The lowest BCUT2D eigenvalue weighted by Crippen LogP contribution is -2.28. The van der Waals surface area contributed by atoms with Crippen LogP contribution in [-0.4, -0.2) is 15.0 Å². The Morgan fingerprint density at radius 3 is 1.94 bits per heavy atom. The van der Waals surface area contributed by atoms with Crippen LogP contribution in [0.1, 0.15) is 48.8 Å². The fourth-order valence-electron chi connectivity index (χ4n) is 8.54. The van der Waals surface area contributed by atoms with Crippen LogP contribution in [0.2, 0.25) is 0 Å². The molecule has 0 aliphatic heterocycles. The predicted molar refractivity (Wildman–Crippen MR) is 203 cm³/mol. The molecule has 2 aliphatic carbocycles. The van der Waals surface area contributed by atoms with Gasteiger partial charge in [0.2, 0.25) is 0 Å². The van der Waals surface area contributed by atoms with Crippen LogP contribution in [-0.2, 0) is 5.41 Å². The van der Waals surface area contributed by atoms with Gasteiger partial charge in [0.25, 0.3) is 0 Å². The van der Waals surface area contributed by atoms with Crippen LogP contribution in [0, 0.1) is 11.3 Å². The quantitative estimate of drug-likeness (QED) is 0.188. The highest BCUT2D eigenvalue weighted by molar-refractivity contribution is 6.05. The Kier molecular flexibility index (Phi) is 6.72. The van der Waals surface area contributed by atoms with Crippen molar-refractivity contribution in [3.8, 4) is 62.5 Å². The maximum Gasteiger partial charge on any atom is 0.164 e. The van der Waals surface area contributed by atoms with Crippen LogP contribution in [0.25, 0.3) is 78.4 Å². The topological polar surface area (TPSA) is 75.6 Å². The van der Waals surface area contributed by atoms with E-state index in [1.165, 1.54) is 41.5 Å². The molecule has 1 fully saturated rings. The molecule has 1 saturated carbocycles. The minimum atomic E-state index is -0.0216. The molecule has 6 aromatic carbocycles. The SMILES string of the molecule is N#Cc1cccc2c1-c1ccc(-c3ccc(-c4nc(-c5ccccc5)nc(-c5ccc6c(c5)oc5ccccc56)n4)cc3)cc1C21CCCCC1. The highest BCUT2D eigenvalue weighted by Crippen LogP contribution is 2.57. The summed E-state index contributed by atoms with van der Waals surface area (Å²) in [6.45, 7) is 0. The number of hydrogen-bond donors (Lipinski definition) is 0. The normalized spacial score (nSPS) is 14.4. The van der Waals surface area contributed by atoms with Crippen molar-refractivity contribution >= 4 is 21.9 Å². The van der Waals surface area contributed by atoms with Crippen LogP contribution < -0.4 is 0 Å². The van der Waals surface area contributed by atoms with Crippen LogP contribution in [0.4, 0.5) is 0 Å². The number of aromatic nitrogens is 3. The number of fused-ring (bicyclic) bond motifs is 8. The number of para-hydroxylation sites is 1. The molecule has 10 rings (SSSR count). The van der Waals surface area contributed by atoms with Crippen LogP contribution in [0.3, 0.4) is 0 Å². The highest BCUT2D eigenvalue weighted by Gasteiger charge is 2.44. The molecule has 1 spiro atoms. The van der Waals surface area contributed by atoms with E-state index in [0.717, 1.165) is 68.2 Å². The maximum atomic E-state index is 10.0. The molecule has 0 unspecified atom stereocenters. The molecule has 5 heteroatoms. The number of nitriles is 1. The average molecular weight is 657 g/mol. The Labute approximate surface area is 295 Å². The molecule has 2 aromatic heterocycles. The van der Waals surface area contributed by atoms with Crippen molar-refractivity contribution in [2.45, 2.75) is 37.5 Å². The van der Waals surface area contributed by atoms with Gasteiger partial charge in [0, 0.05) is 38.4 Å². The Morgan fingerprint density at radius 2 is 1.16 bits per heavy atom. The van der Waals surface area contributed by atoms with Gasteiger partial charge >= 0.3 is 0 Å². The summed E-state index contributed by atoms with van der Waals surface area (Å²) in [6, 6.07) is 48.5. The third-order valence-electron chi connectivity index (χ3n) is 11.0. The predicted octanol–water partition coefficient (Wildman–Crippen LogP) is 11.5. The molecule has 0 saturated heterocycles. The Balaban J connectivity index is 1.05.